The van der Waals surface area contributed by atoms with Crippen molar-refractivity contribution in [3.63, 3.8) is 0 Å². The Hall–Kier alpha value is -1.34. The van der Waals surface area contributed by atoms with Crippen LogP contribution >= 0.6 is 27.7 Å². The van der Waals surface area contributed by atoms with Gasteiger partial charge in [-0.05, 0) is 27.6 Å². The zero-order valence-corrected chi connectivity index (χ0v) is 11.4. The van der Waals surface area contributed by atoms with E-state index in [0.29, 0.717) is 15.8 Å². The molecule has 2 rings (SSSR count). The first-order valence-corrected chi connectivity index (χ1v) is 6.70. The van der Waals surface area contributed by atoms with E-state index in [-0.39, 0.29) is 16.9 Å². The molecule has 0 aliphatic carbocycles. The third-order valence-corrected chi connectivity index (χ3v) is 3.64. The Balaban J connectivity index is 2.16. The summed E-state index contributed by atoms with van der Waals surface area (Å²) >= 11 is 4.24. The molecule has 2 aromatic rings. The van der Waals surface area contributed by atoms with Crippen molar-refractivity contribution in [3.05, 3.63) is 50.5 Å². The van der Waals surface area contributed by atoms with Crippen LogP contribution < -0.4 is 5.56 Å². The molecule has 1 heterocycles. The Bertz CT molecular complexity index is 633. The van der Waals surface area contributed by atoms with Crippen molar-refractivity contribution in [3.8, 4) is 5.88 Å². The molecule has 0 saturated heterocycles. The molecule has 2 N–H and O–H groups in total. The lowest BCUT2D eigenvalue weighted by atomic mass is 10.2. The van der Waals surface area contributed by atoms with Gasteiger partial charge in [0, 0.05) is 5.75 Å². The van der Waals surface area contributed by atoms with Crippen molar-refractivity contribution < 1.29 is 9.50 Å². The highest BCUT2D eigenvalue weighted by Crippen LogP contribution is 2.25. The second kappa shape index (κ2) is 5.53. The fraction of sp³-hybridized carbons (Fsp3) is 0.0909. The summed E-state index contributed by atoms with van der Waals surface area (Å²) in [5.74, 6) is -0.388. The minimum Gasteiger partial charge on any atom is -0.493 e. The van der Waals surface area contributed by atoms with E-state index in [1.54, 1.807) is 18.2 Å². The fourth-order valence-corrected chi connectivity index (χ4v) is 2.55. The van der Waals surface area contributed by atoms with Gasteiger partial charge in [0.25, 0.3) is 5.56 Å². The molecule has 0 saturated carbocycles. The molecule has 0 aliphatic heterocycles. The Morgan fingerprint density at radius 1 is 1.50 bits per heavy atom. The van der Waals surface area contributed by atoms with Crippen LogP contribution in [0.2, 0.25) is 0 Å². The normalized spacial score (nSPS) is 10.6. The van der Waals surface area contributed by atoms with Crippen LogP contribution in [0.15, 0.2) is 38.7 Å². The van der Waals surface area contributed by atoms with Gasteiger partial charge < -0.3 is 10.1 Å². The maximum absolute atomic E-state index is 13.7. The van der Waals surface area contributed by atoms with Crippen LogP contribution in [0.4, 0.5) is 4.39 Å². The van der Waals surface area contributed by atoms with Crippen molar-refractivity contribution in [1.29, 1.82) is 0 Å². The molecule has 0 fully saturated rings. The van der Waals surface area contributed by atoms with Gasteiger partial charge >= 0.3 is 0 Å². The molecule has 4 nitrogen and oxygen atoms in total. The van der Waals surface area contributed by atoms with Crippen LogP contribution in [0, 0.1) is 5.82 Å². The summed E-state index contributed by atoms with van der Waals surface area (Å²) in [4.78, 5) is 17.3. The number of nitrogens with one attached hydrogen (secondary N) is 1. The first-order valence-electron chi connectivity index (χ1n) is 4.92. The maximum atomic E-state index is 13.7. The van der Waals surface area contributed by atoms with Gasteiger partial charge in [-0.25, -0.2) is 4.39 Å². The second-order valence-electron chi connectivity index (χ2n) is 3.41. The summed E-state index contributed by atoms with van der Waals surface area (Å²) in [6.07, 6.45) is 0. The first kappa shape index (κ1) is 13.1. The Kier molecular flexibility index (Phi) is 4.03. The summed E-state index contributed by atoms with van der Waals surface area (Å²) in [6, 6.07) is 5.96. The molecular weight excluding hydrogens is 323 g/mol. The van der Waals surface area contributed by atoms with Gasteiger partial charge in [0.2, 0.25) is 5.88 Å². The number of hydrogen-bond donors (Lipinski definition) is 2. The molecular formula is C11H8BrFN2O2S. The Labute approximate surface area is 114 Å². The molecule has 0 radical (unpaired) electrons. The highest BCUT2D eigenvalue weighted by atomic mass is 79.9. The van der Waals surface area contributed by atoms with Gasteiger partial charge in [0.1, 0.15) is 5.82 Å². The average Bonchev–Trinajstić information content (AvgIpc) is 2.30. The van der Waals surface area contributed by atoms with E-state index in [4.69, 9.17) is 5.11 Å². The zero-order chi connectivity index (χ0) is 13.1. The molecule has 7 heteroatoms. The van der Waals surface area contributed by atoms with Crippen molar-refractivity contribution in [2.75, 3.05) is 0 Å². The predicted molar refractivity (Wildman–Crippen MR) is 70.2 cm³/mol. The van der Waals surface area contributed by atoms with Gasteiger partial charge in [-0.3, -0.25) is 4.79 Å². The maximum Gasteiger partial charge on any atom is 0.255 e. The lowest BCUT2D eigenvalue weighted by Crippen LogP contribution is -2.06. The first-order chi connectivity index (χ1) is 8.56. The van der Waals surface area contributed by atoms with Gasteiger partial charge in [-0.2, -0.15) is 4.98 Å². The van der Waals surface area contributed by atoms with E-state index < -0.39 is 5.56 Å². The molecule has 1 aromatic carbocycles. The molecule has 94 valence electrons. The number of rotatable bonds is 3. The number of aromatic nitrogens is 2. The number of benzene rings is 1. The predicted octanol–water partition coefficient (Wildman–Crippen LogP) is 2.67. The van der Waals surface area contributed by atoms with Crippen LogP contribution in [0.1, 0.15) is 5.56 Å². The summed E-state index contributed by atoms with van der Waals surface area (Å²) in [5, 5.41) is 9.41. The van der Waals surface area contributed by atoms with Crippen LogP contribution in [0.3, 0.4) is 0 Å². The van der Waals surface area contributed by atoms with Gasteiger partial charge in [0.05, 0.1) is 10.5 Å². The Morgan fingerprint density at radius 2 is 2.28 bits per heavy atom. The third-order valence-electron chi connectivity index (χ3n) is 2.10. The summed E-state index contributed by atoms with van der Waals surface area (Å²) in [5.41, 5.74) is 0.0417. The van der Waals surface area contributed by atoms with Crippen LogP contribution in [0.25, 0.3) is 0 Å². The lowest BCUT2D eigenvalue weighted by Gasteiger charge is -2.04. The number of aromatic amines is 1. The lowest BCUT2D eigenvalue weighted by molar-refractivity contribution is 0.444. The van der Waals surface area contributed by atoms with Crippen LogP contribution in [0.5, 0.6) is 5.88 Å². The quantitative estimate of drug-likeness (QED) is 0.670. The topological polar surface area (TPSA) is 66.0 Å². The van der Waals surface area contributed by atoms with E-state index in [0.717, 1.165) is 17.8 Å². The van der Waals surface area contributed by atoms with Gasteiger partial charge in [0.15, 0.2) is 5.16 Å². The van der Waals surface area contributed by atoms with E-state index in [2.05, 4.69) is 25.9 Å². The number of H-pyrrole nitrogens is 1. The number of aromatic hydroxyl groups is 1. The van der Waals surface area contributed by atoms with Crippen molar-refractivity contribution in [2.24, 2.45) is 0 Å². The molecule has 0 bridgehead atoms. The molecule has 0 atom stereocenters. The molecule has 0 amide bonds. The largest absolute Gasteiger partial charge is 0.493 e. The Morgan fingerprint density at radius 3 is 3.00 bits per heavy atom. The SMILES string of the molecule is O=c1cc(O)nc(SCc2cccc(Br)c2F)[nH]1. The summed E-state index contributed by atoms with van der Waals surface area (Å²) in [6.45, 7) is 0. The van der Waals surface area contributed by atoms with E-state index in [1.165, 1.54) is 0 Å². The third kappa shape index (κ3) is 3.11. The number of nitrogens with zero attached hydrogens (tertiary/aromatic N) is 1. The molecule has 1 aromatic heterocycles. The fourth-order valence-electron chi connectivity index (χ4n) is 1.30. The van der Waals surface area contributed by atoms with Crippen molar-refractivity contribution in [2.45, 2.75) is 10.9 Å². The van der Waals surface area contributed by atoms with Gasteiger partial charge in [-0.1, -0.05) is 23.9 Å². The smallest absolute Gasteiger partial charge is 0.255 e. The highest BCUT2D eigenvalue weighted by molar-refractivity contribution is 9.10. The van der Waals surface area contributed by atoms with E-state index in [1.807, 2.05) is 0 Å². The van der Waals surface area contributed by atoms with Crippen molar-refractivity contribution in [1.82, 2.24) is 9.97 Å². The average molecular weight is 331 g/mol. The second-order valence-corrected chi connectivity index (χ2v) is 5.23. The van der Waals surface area contributed by atoms with Crippen LogP contribution in [-0.2, 0) is 5.75 Å². The summed E-state index contributed by atoms with van der Waals surface area (Å²) in [7, 11) is 0. The molecule has 0 spiro atoms. The van der Waals surface area contributed by atoms with E-state index >= 15 is 0 Å². The number of halogens is 2. The van der Waals surface area contributed by atoms with Crippen molar-refractivity contribution >= 4 is 27.7 Å². The van der Waals surface area contributed by atoms with Crippen LogP contribution in [-0.4, -0.2) is 15.1 Å². The molecule has 0 unspecified atom stereocenters. The number of thioether (sulfide) groups is 1. The molecule has 18 heavy (non-hydrogen) atoms. The summed E-state index contributed by atoms with van der Waals surface area (Å²) < 4.78 is 14.0. The number of hydrogen-bond acceptors (Lipinski definition) is 4. The van der Waals surface area contributed by atoms with Gasteiger partial charge in [-0.15, -0.1) is 0 Å². The van der Waals surface area contributed by atoms with E-state index in [9.17, 15) is 9.18 Å². The minimum atomic E-state index is -0.445. The highest BCUT2D eigenvalue weighted by Gasteiger charge is 2.07. The minimum absolute atomic E-state index is 0.249. The molecule has 0 aliphatic rings. The monoisotopic (exact) mass is 330 g/mol. The standard InChI is InChI=1S/C11H8BrFN2O2S/c12-7-3-1-2-6(10(7)13)5-18-11-14-8(16)4-9(17)15-11/h1-4H,5H2,(H2,14,15,16,17). The zero-order valence-electron chi connectivity index (χ0n) is 8.98.